The average molecular weight is 700 g/mol. The fourth-order valence-electron chi connectivity index (χ4n) is 3.93. The summed E-state index contributed by atoms with van der Waals surface area (Å²) in [5.74, 6) is 2.35. The second-order valence-corrected chi connectivity index (χ2v) is 11.5. The van der Waals surface area contributed by atoms with Crippen molar-refractivity contribution >= 4 is 42.1 Å². The third-order valence-electron chi connectivity index (χ3n) is 6.53. The molecule has 0 aliphatic heterocycles. The van der Waals surface area contributed by atoms with Crippen molar-refractivity contribution in [3.05, 3.63) is 89.5 Å². The van der Waals surface area contributed by atoms with Gasteiger partial charge in [-0.15, -0.1) is 0 Å². The van der Waals surface area contributed by atoms with Gasteiger partial charge >= 0.3 is 7.32 Å². The number of ether oxygens (including phenoxy) is 6. The van der Waals surface area contributed by atoms with Crippen LogP contribution in [0.2, 0.25) is 0 Å². The first-order valence-electron chi connectivity index (χ1n) is 14.9. The smallest absolute Gasteiger partial charge is 0.497 e. The number of hydrogen-bond acceptors (Lipinski definition) is 9. The summed E-state index contributed by atoms with van der Waals surface area (Å²) in [6.45, 7) is 2.31. The molecule has 3 aromatic rings. The Hall–Kier alpha value is -2.25. The lowest BCUT2D eigenvalue weighted by Crippen LogP contribution is -2.36. The van der Waals surface area contributed by atoms with Crippen molar-refractivity contribution in [3.63, 3.8) is 0 Å². The highest BCUT2D eigenvalue weighted by molar-refractivity contribution is 6.40. The summed E-state index contributed by atoms with van der Waals surface area (Å²) in [6, 6.07) is 22.9. The lowest BCUT2D eigenvalue weighted by atomic mass is 10.2. The Kier molecular flexibility index (Phi) is 18.6. The van der Waals surface area contributed by atoms with Gasteiger partial charge in [0.25, 0.3) is 0 Å². The van der Waals surface area contributed by atoms with Crippen molar-refractivity contribution in [1.82, 2.24) is 0 Å². The Bertz CT molecular complexity index is 1060. The molecular weight excluding hydrogens is 658 g/mol. The highest BCUT2D eigenvalue weighted by Crippen LogP contribution is 2.19. The minimum absolute atomic E-state index is 0.347. The molecule has 0 aliphatic rings. The van der Waals surface area contributed by atoms with Gasteiger partial charge in [0.2, 0.25) is 0 Å². The summed E-state index contributed by atoms with van der Waals surface area (Å²) in [5.41, 5.74) is 0.672. The van der Waals surface area contributed by atoms with E-state index in [1.54, 1.807) is 21.3 Å². The molecule has 0 spiro atoms. The van der Waals surface area contributed by atoms with E-state index in [0.29, 0.717) is 58.9 Å². The molecule has 46 heavy (non-hydrogen) atoms. The van der Waals surface area contributed by atoms with Crippen molar-refractivity contribution in [2.75, 3.05) is 41.2 Å². The number of hydrogen-bond donors (Lipinski definition) is 0. The van der Waals surface area contributed by atoms with E-state index in [1.807, 2.05) is 72.8 Å². The van der Waals surface area contributed by atoms with E-state index in [2.05, 4.69) is 0 Å². The molecule has 0 N–H and O–H groups in total. The molecule has 0 amide bonds. The maximum atomic E-state index is 6.46. The lowest BCUT2D eigenvalue weighted by Gasteiger charge is -2.22. The number of halogens is 3. The van der Waals surface area contributed by atoms with Gasteiger partial charge in [0.15, 0.2) is 0 Å². The van der Waals surface area contributed by atoms with Crippen LogP contribution in [0.5, 0.6) is 17.2 Å². The van der Waals surface area contributed by atoms with Crippen LogP contribution in [-0.2, 0) is 48.0 Å². The van der Waals surface area contributed by atoms with E-state index in [0.717, 1.165) is 33.9 Å². The first-order chi connectivity index (χ1) is 22.4. The van der Waals surface area contributed by atoms with Gasteiger partial charge in [0.05, 0.1) is 61.0 Å². The fraction of sp³-hybridized carbons (Fsp3) is 0.455. The maximum Gasteiger partial charge on any atom is 0.642 e. The summed E-state index contributed by atoms with van der Waals surface area (Å²) in [7, 11) is 3.65. The Morgan fingerprint density at radius 1 is 0.457 bits per heavy atom. The van der Waals surface area contributed by atoms with Crippen LogP contribution >= 0.6 is 34.8 Å². The minimum Gasteiger partial charge on any atom is -0.497 e. The number of benzene rings is 3. The molecular formula is C33H42BCl3O9. The van der Waals surface area contributed by atoms with Crippen LogP contribution < -0.4 is 14.2 Å². The quantitative estimate of drug-likeness (QED) is 0.0535. The molecule has 3 unspecified atom stereocenters. The Morgan fingerprint density at radius 3 is 0.957 bits per heavy atom. The molecule has 9 nitrogen and oxygen atoms in total. The van der Waals surface area contributed by atoms with Crippen LogP contribution in [0, 0.1) is 0 Å². The van der Waals surface area contributed by atoms with Gasteiger partial charge in [-0.1, -0.05) is 71.2 Å². The summed E-state index contributed by atoms with van der Waals surface area (Å²) in [5, 5.41) is 0. The zero-order chi connectivity index (χ0) is 33.0. The normalized spacial score (nSPS) is 13.2. The Morgan fingerprint density at radius 2 is 0.717 bits per heavy atom. The number of methoxy groups -OCH3 is 3. The van der Waals surface area contributed by atoms with E-state index in [4.69, 9.17) is 77.2 Å². The van der Waals surface area contributed by atoms with Crippen LogP contribution in [0.4, 0.5) is 0 Å². The van der Waals surface area contributed by atoms with Crippen LogP contribution in [0.1, 0.15) is 36.0 Å². The monoisotopic (exact) mass is 698 g/mol. The number of rotatable bonds is 24. The van der Waals surface area contributed by atoms with Gasteiger partial charge in [-0.2, -0.15) is 0 Å². The largest absolute Gasteiger partial charge is 0.642 e. The maximum absolute atomic E-state index is 6.46. The van der Waals surface area contributed by atoms with Gasteiger partial charge in [0, 0.05) is 19.3 Å². The third kappa shape index (κ3) is 15.6. The molecule has 0 radical (unpaired) electrons. The van der Waals surface area contributed by atoms with E-state index in [-0.39, 0.29) is 0 Å². The summed E-state index contributed by atoms with van der Waals surface area (Å²) >= 11 is 19.4. The van der Waals surface area contributed by atoms with Crippen molar-refractivity contribution < 1.29 is 42.4 Å². The number of alkyl halides is 3. The molecule has 13 heteroatoms. The topological polar surface area (TPSA) is 83.1 Å². The zero-order valence-corrected chi connectivity index (χ0v) is 28.7. The molecule has 3 aromatic carbocycles. The van der Waals surface area contributed by atoms with Gasteiger partial charge in [0.1, 0.15) is 33.9 Å². The second-order valence-electron chi connectivity index (χ2n) is 10.00. The fourth-order valence-corrected chi connectivity index (χ4v) is 4.44. The molecule has 0 saturated carbocycles. The summed E-state index contributed by atoms with van der Waals surface area (Å²) in [6.07, 6.45) is 1.12. The highest BCUT2D eigenvalue weighted by atomic mass is 35.5. The van der Waals surface area contributed by atoms with E-state index >= 15 is 0 Å². The van der Waals surface area contributed by atoms with Gasteiger partial charge in [-0.3, -0.25) is 0 Å². The SMILES string of the molecule is COc1ccc(COCCC(Cl)OB(OC(Cl)CCOCc2ccc(OC)cc2)OC(Cl)CCOCc2ccc(OC)cc2)cc1. The predicted molar refractivity (Wildman–Crippen MR) is 180 cm³/mol. The summed E-state index contributed by atoms with van der Waals surface area (Å²) in [4.78, 5) is 0. The zero-order valence-electron chi connectivity index (χ0n) is 26.4. The van der Waals surface area contributed by atoms with Gasteiger partial charge < -0.3 is 42.4 Å². The van der Waals surface area contributed by atoms with E-state index in [9.17, 15) is 0 Å². The van der Waals surface area contributed by atoms with Crippen molar-refractivity contribution in [2.24, 2.45) is 0 Å². The molecule has 252 valence electrons. The van der Waals surface area contributed by atoms with Crippen LogP contribution in [0.25, 0.3) is 0 Å². The molecule has 0 aliphatic carbocycles. The Balaban J connectivity index is 1.42. The van der Waals surface area contributed by atoms with Gasteiger partial charge in [-0.05, 0) is 53.1 Å². The van der Waals surface area contributed by atoms with Crippen LogP contribution in [0.3, 0.4) is 0 Å². The average Bonchev–Trinajstić information content (AvgIpc) is 3.07. The molecule has 3 atom stereocenters. The van der Waals surface area contributed by atoms with Crippen LogP contribution in [-0.4, -0.2) is 65.2 Å². The molecule has 0 fully saturated rings. The molecule has 0 aromatic heterocycles. The first kappa shape index (κ1) is 38.2. The van der Waals surface area contributed by atoms with Crippen LogP contribution in [0.15, 0.2) is 72.8 Å². The van der Waals surface area contributed by atoms with Gasteiger partial charge in [-0.25, -0.2) is 0 Å². The predicted octanol–water partition coefficient (Wildman–Crippen LogP) is 7.56. The second kappa shape index (κ2) is 22.3. The van der Waals surface area contributed by atoms with Crippen molar-refractivity contribution in [2.45, 2.75) is 55.8 Å². The highest BCUT2D eigenvalue weighted by Gasteiger charge is 2.31. The van der Waals surface area contributed by atoms with Crippen molar-refractivity contribution in [1.29, 1.82) is 0 Å². The van der Waals surface area contributed by atoms with E-state index < -0.39 is 24.0 Å². The first-order valence-corrected chi connectivity index (χ1v) is 16.2. The molecule has 3 rings (SSSR count). The minimum atomic E-state index is -1.22. The lowest BCUT2D eigenvalue weighted by molar-refractivity contribution is 0.0279. The van der Waals surface area contributed by atoms with Crippen molar-refractivity contribution in [3.8, 4) is 17.2 Å². The van der Waals surface area contributed by atoms with E-state index in [1.165, 1.54) is 0 Å². The molecule has 0 heterocycles. The standard InChI is InChI=1S/C33H42BCl3O9/c1-38-28-10-4-25(5-11-28)22-41-19-16-31(35)44-34(45-32(36)17-20-42-23-26-6-12-29(39-2)13-7-26)46-33(37)18-21-43-24-27-8-14-30(40-3)15-9-27/h4-15,31-33H,16-24H2,1-3H3. The summed E-state index contributed by atoms with van der Waals surface area (Å²) < 4.78 is 50.3. The third-order valence-corrected chi connectivity index (χ3v) is 7.49. The Labute approximate surface area is 287 Å². The molecule has 0 saturated heterocycles. The molecule has 0 bridgehead atoms.